The van der Waals surface area contributed by atoms with Gasteiger partial charge in [0.25, 0.3) is 0 Å². The fraction of sp³-hybridized carbons (Fsp3) is 0.500. The highest BCUT2D eigenvalue weighted by molar-refractivity contribution is 8.00. The molecule has 2 heterocycles. The maximum Gasteiger partial charge on any atom is 0.0129 e. The summed E-state index contributed by atoms with van der Waals surface area (Å²) in [7, 11) is 0. The van der Waals surface area contributed by atoms with E-state index in [1.165, 1.54) is 66.9 Å². The zero-order valence-corrected chi connectivity index (χ0v) is 19.8. The van der Waals surface area contributed by atoms with Crippen molar-refractivity contribution >= 4 is 11.8 Å². The van der Waals surface area contributed by atoms with Crippen LogP contribution in [0.25, 0.3) is 0 Å². The molecule has 2 atom stereocenters. The molecule has 2 aromatic carbocycles. The molecule has 0 saturated carbocycles. The van der Waals surface area contributed by atoms with Crippen molar-refractivity contribution in [1.82, 2.24) is 4.90 Å². The van der Waals surface area contributed by atoms with Crippen molar-refractivity contribution in [2.45, 2.75) is 63.0 Å². The van der Waals surface area contributed by atoms with E-state index in [0.717, 1.165) is 12.3 Å². The molecule has 1 fully saturated rings. The van der Waals surface area contributed by atoms with Crippen LogP contribution in [0, 0.1) is 18.8 Å². The van der Waals surface area contributed by atoms with Crippen molar-refractivity contribution in [3.8, 4) is 0 Å². The average Bonchev–Trinajstić information content (AvgIpc) is 2.87. The Morgan fingerprint density at radius 3 is 2.57 bits per heavy atom. The number of nitrogens with zero attached hydrogens (tertiary/aromatic N) is 1. The largest absolute Gasteiger partial charge is 0.303 e. The summed E-state index contributed by atoms with van der Waals surface area (Å²) in [6.45, 7) is 10.8. The fourth-order valence-electron chi connectivity index (χ4n) is 5.00. The predicted molar refractivity (Wildman–Crippen MR) is 131 cm³/mol. The molecule has 0 bridgehead atoms. The van der Waals surface area contributed by atoms with E-state index in [0.29, 0.717) is 11.2 Å². The van der Waals surface area contributed by atoms with E-state index in [9.17, 15) is 0 Å². The van der Waals surface area contributed by atoms with Gasteiger partial charge in [-0.15, -0.1) is 11.8 Å². The molecule has 0 spiro atoms. The summed E-state index contributed by atoms with van der Waals surface area (Å²) < 4.78 is 0. The lowest BCUT2D eigenvalue weighted by Gasteiger charge is -2.32. The van der Waals surface area contributed by atoms with Crippen molar-refractivity contribution in [2.24, 2.45) is 11.8 Å². The van der Waals surface area contributed by atoms with Gasteiger partial charge in [0.1, 0.15) is 0 Å². The molecule has 0 unspecified atom stereocenters. The quantitative estimate of drug-likeness (QED) is 0.483. The molecule has 1 nitrogen and oxygen atoms in total. The Hall–Kier alpha value is -1.51. The van der Waals surface area contributed by atoms with Crippen molar-refractivity contribution in [1.29, 1.82) is 0 Å². The number of fused-ring (bicyclic) bond motifs is 1. The van der Waals surface area contributed by atoms with Gasteiger partial charge < -0.3 is 4.90 Å². The number of allylic oxidation sites excluding steroid dienone is 1. The Kier molecular flexibility index (Phi) is 7.38. The maximum absolute atomic E-state index is 2.69. The number of hydrogen-bond donors (Lipinski definition) is 0. The van der Waals surface area contributed by atoms with Crippen LogP contribution in [-0.2, 0) is 12.8 Å². The van der Waals surface area contributed by atoms with Gasteiger partial charge in [-0.1, -0.05) is 73.5 Å². The number of piperidine rings is 1. The maximum atomic E-state index is 2.69. The van der Waals surface area contributed by atoms with E-state index < -0.39 is 0 Å². The molecule has 2 aliphatic rings. The first kappa shape index (κ1) is 21.7. The van der Waals surface area contributed by atoms with Gasteiger partial charge in [0.2, 0.25) is 0 Å². The molecule has 0 N–H and O–H groups in total. The number of hydrogen-bond acceptors (Lipinski definition) is 2. The second kappa shape index (κ2) is 10.2. The van der Waals surface area contributed by atoms with E-state index in [-0.39, 0.29) is 0 Å². The van der Waals surface area contributed by atoms with Crippen LogP contribution in [-0.4, -0.2) is 29.8 Å². The predicted octanol–water partition coefficient (Wildman–Crippen LogP) is 6.94. The van der Waals surface area contributed by atoms with E-state index in [1.54, 1.807) is 5.57 Å². The molecular weight excluding hydrogens is 382 g/mol. The SMILES string of the molecule is Cc1ccc2c(c1)C/C(=C\CCN1CCC(Cc3ccccc3)CC1)[C@@H](C)[C@@H](C)S2. The van der Waals surface area contributed by atoms with Crippen molar-refractivity contribution in [3.05, 3.63) is 76.9 Å². The molecule has 2 aromatic rings. The molecule has 0 radical (unpaired) electrons. The summed E-state index contributed by atoms with van der Waals surface area (Å²) in [5, 5.41) is 0.647. The van der Waals surface area contributed by atoms with Crippen molar-refractivity contribution in [3.63, 3.8) is 0 Å². The molecule has 0 aromatic heterocycles. The first-order chi connectivity index (χ1) is 14.6. The molecule has 0 amide bonds. The molecule has 4 rings (SSSR count). The Balaban J connectivity index is 1.29. The first-order valence-corrected chi connectivity index (χ1v) is 12.7. The van der Waals surface area contributed by atoms with Crippen molar-refractivity contribution < 1.29 is 0 Å². The molecule has 0 aliphatic carbocycles. The normalized spacial score (nSPS) is 24.6. The van der Waals surface area contributed by atoms with Gasteiger partial charge in [0.05, 0.1) is 0 Å². The summed E-state index contributed by atoms with van der Waals surface area (Å²) in [6.07, 6.45) is 8.86. The Morgan fingerprint density at radius 2 is 1.80 bits per heavy atom. The zero-order chi connectivity index (χ0) is 20.9. The Bertz CT molecular complexity index is 848. The minimum absolute atomic E-state index is 0.647. The molecule has 2 aliphatic heterocycles. The van der Waals surface area contributed by atoms with Crippen LogP contribution in [0.15, 0.2) is 65.1 Å². The summed E-state index contributed by atoms with van der Waals surface area (Å²) in [4.78, 5) is 4.18. The lowest BCUT2D eigenvalue weighted by Crippen LogP contribution is -2.34. The number of likely N-dealkylation sites (tertiary alicyclic amines) is 1. The van der Waals surface area contributed by atoms with Crippen LogP contribution in [0.1, 0.15) is 49.8 Å². The van der Waals surface area contributed by atoms with Crippen LogP contribution < -0.4 is 0 Å². The van der Waals surface area contributed by atoms with Crippen LogP contribution in [0.2, 0.25) is 0 Å². The van der Waals surface area contributed by atoms with Gasteiger partial charge in [-0.25, -0.2) is 0 Å². The van der Waals surface area contributed by atoms with Crippen LogP contribution >= 0.6 is 11.8 Å². The third-order valence-electron chi connectivity index (χ3n) is 7.14. The van der Waals surface area contributed by atoms with E-state index in [1.807, 2.05) is 0 Å². The number of thioether (sulfide) groups is 1. The second-order valence-electron chi connectivity index (χ2n) is 9.44. The molecule has 2 heteroatoms. The lowest BCUT2D eigenvalue weighted by atomic mass is 9.89. The van der Waals surface area contributed by atoms with Gasteiger partial charge in [0.15, 0.2) is 0 Å². The van der Waals surface area contributed by atoms with Gasteiger partial charge in [0, 0.05) is 16.7 Å². The first-order valence-electron chi connectivity index (χ1n) is 11.8. The van der Waals surface area contributed by atoms with Crippen LogP contribution in [0.4, 0.5) is 0 Å². The summed E-state index contributed by atoms with van der Waals surface area (Å²) >= 11 is 2.06. The molecule has 1 saturated heterocycles. The van der Waals surface area contributed by atoms with Gasteiger partial charge >= 0.3 is 0 Å². The van der Waals surface area contributed by atoms with E-state index >= 15 is 0 Å². The van der Waals surface area contributed by atoms with Gasteiger partial charge in [-0.2, -0.15) is 0 Å². The molecule has 30 heavy (non-hydrogen) atoms. The Morgan fingerprint density at radius 1 is 1.03 bits per heavy atom. The van der Waals surface area contributed by atoms with Gasteiger partial charge in [-0.3, -0.25) is 0 Å². The van der Waals surface area contributed by atoms with Crippen LogP contribution in [0.3, 0.4) is 0 Å². The monoisotopic (exact) mass is 419 g/mol. The summed E-state index contributed by atoms with van der Waals surface area (Å²) in [6, 6.07) is 18.0. The standard InChI is InChI=1S/C28H37NS/c1-21-11-12-28-27(18-21)20-26(22(2)23(3)30-28)10-7-15-29-16-13-25(14-17-29)19-24-8-5-4-6-9-24/h4-6,8-12,18,22-23,25H,7,13-17,19-20H2,1-3H3/b26-10+/t22-,23+/m0/s1. The number of aryl methyl sites for hydroxylation is 1. The van der Waals surface area contributed by atoms with Gasteiger partial charge in [-0.05, 0) is 81.1 Å². The van der Waals surface area contributed by atoms with E-state index in [4.69, 9.17) is 0 Å². The number of rotatable bonds is 5. The zero-order valence-electron chi connectivity index (χ0n) is 18.9. The minimum Gasteiger partial charge on any atom is -0.303 e. The van der Waals surface area contributed by atoms with Crippen LogP contribution in [0.5, 0.6) is 0 Å². The third-order valence-corrected chi connectivity index (χ3v) is 8.57. The van der Waals surface area contributed by atoms with Crippen molar-refractivity contribution in [2.75, 3.05) is 19.6 Å². The topological polar surface area (TPSA) is 3.24 Å². The minimum atomic E-state index is 0.647. The Labute approximate surface area is 188 Å². The fourth-order valence-corrected chi connectivity index (χ4v) is 6.21. The third kappa shape index (κ3) is 5.59. The lowest BCUT2D eigenvalue weighted by molar-refractivity contribution is 0.186. The number of benzene rings is 2. The molecular formula is C28H37NS. The highest BCUT2D eigenvalue weighted by Gasteiger charge is 2.24. The summed E-state index contributed by atoms with van der Waals surface area (Å²) in [5.74, 6) is 1.51. The highest BCUT2D eigenvalue weighted by atomic mass is 32.2. The average molecular weight is 420 g/mol. The second-order valence-corrected chi connectivity index (χ2v) is 10.9. The van der Waals surface area contributed by atoms with E-state index in [2.05, 4.69) is 92.0 Å². The smallest absolute Gasteiger partial charge is 0.0129 e. The molecule has 160 valence electrons. The summed E-state index contributed by atoms with van der Waals surface area (Å²) in [5.41, 5.74) is 6.07. The highest BCUT2D eigenvalue weighted by Crippen LogP contribution is 2.39.